The van der Waals surface area contributed by atoms with E-state index in [9.17, 15) is 18.9 Å². The molecule has 2 aromatic carbocycles. The monoisotopic (exact) mass is 2040 g/mol. The van der Waals surface area contributed by atoms with Crippen LogP contribution < -0.4 is 29.5 Å². The molecule has 22 heteroatoms. The fourth-order valence-corrected chi connectivity index (χ4v) is 37.4. The van der Waals surface area contributed by atoms with Gasteiger partial charge < -0.3 is 46.9 Å². The Morgan fingerprint density at radius 1 is 0.441 bits per heavy atom. The Hall–Kier alpha value is -1.09. The quantitative estimate of drug-likeness (QED) is 0.0271. The standard InChI is InChI=1S/C49H96O5Si4.C32H51O3PSi2.C29H56O4Si2.C4H9.Li/c1-45(2,3)57(18,19)51-40-34-37(35-41(36-40)52-58(20,21)46(4,5)6)26-27-38-25-23-33-49(11)42(38)29-30-43(49)39(24-22-32-47(7,8)53-55(12,13)14)28-31-44(50)48(9,10)54-56(15,16)17;1-31(2,3)37(7,8)34-27-23-26(24-28(25-27)35-38(9,10)32(4,5)6)21-22-36(33,29-17-13-11-14-18-29)30-19-15-12-16-20-30;1-27(2,32-34(6,7)8)20-12-14-22(16-19-26(31)28(3,4)33-35(9,10)11)23-17-18-24-25(30)15-13-21-29(23,24)5;1-3-4-2;/h26-27,39-43H,22-25,28-36H2,1-21H3;11-21,27-28H,22-25H2,1-10H3;22-24H,12-21H2,1-11H3;1,3-4H2,2H3;/q;;;-1;+1/b38-27+;;;;/t39-,40+,41+,42?,43?,49-;27-,28-;22-,23?,24?,29+;;/m010../s1. The Balaban J connectivity index is 0.000000433. The van der Waals surface area contributed by atoms with Gasteiger partial charge in [0, 0.05) is 42.0 Å². The number of carbonyl (C=O) groups excluding carboxylic acids is 3. The zero-order valence-corrected chi connectivity index (χ0v) is 106. The summed E-state index contributed by atoms with van der Waals surface area (Å²) in [7, 11) is -17.5. The van der Waals surface area contributed by atoms with Crippen molar-refractivity contribution in [3.8, 4) is 0 Å². The summed E-state index contributed by atoms with van der Waals surface area (Å²) in [6.45, 7) is 101. The SMILES string of the molecule is CC(C)(C)[Si](C)(C)O[C@@H]1CC(=CCP(=O)(c2ccccc2)c2ccccc2)C[C@@H](O[Si](C)(C)C(C)(C)C)C1.CC(C)(CCC[C@@H](CCC(=O)C(C)(C)O[Si](C)(C)C)C1CCC2/C(=C/C=C3C[C@@H](O[Si](C)(C)C(C)(C)C)C[C@H](O[Si](C)(C)C(C)(C)C)C3)CCC[C@@]21C)O[Si](C)(C)C.CC(C)(CCC[C@@H](CCC(=O)C(C)(C)O[Si](C)(C)C)C1CCC2C(=O)CCC[C@@]21C)O[Si](C)(C)C.[CH2-]CCC.[Li+]. The normalized spacial score (nSPS) is 24.4. The van der Waals surface area contributed by atoms with Crippen LogP contribution in [0.15, 0.2) is 95.6 Å². The van der Waals surface area contributed by atoms with E-state index in [1.807, 2.05) is 88.4 Å². The van der Waals surface area contributed by atoms with E-state index in [4.69, 9.17) is 35.4 Å². The predicted octanol–water partition coefficient (Wildman–Crippen LogP) is 31.1. The number of rotatable bonds is 40. The van der Waals surface area contributed by atoms with Crippen molar-refractivity contribution in [3.05, 3.63) is 103 Å². The molecule has 6 aliphatic rings. The first-order valence-electron chi connectivity index (χ1n) is 53.8. The molecular weight excluding hydrogens is 1820 g/mol. The minimum Gasteiger partial charge on any atom is -0.414 e. The first-order valence-corrected chi connectivity index (χ1v) is 80.9. The number of benzene rings is 2. The molecule has 0 radical (unpaired) electrons. The number of fused-ring (bicyclic) bond motifs is 2. The third-order valence-corrected chi connectivity index (χ3v) is 58.6. The molecule has 12 atom stereocenters. The molecule has 2 aromatic rings. The molecule has 0 N–H and O–H groups in total. The van der Waals surface area contributed by atoms with Gasteiger partial charge >= 0.3 is 18.9 Å². The van der Waals surface area contributed by atoms with Crippen LogP contribution in [0.3, 0.4) is 0 Å². The van der Waals surface area contributed by atoms with E-state index >= 15 is 0 Å². The molecule has 6 fully saturated rings. The minimum absolute atomic E-state index is 0. The molecule has 136 heavy (non-hydrogen) atoms. The maximum absolute atomic E-state index is 14.6. The molecule has 0 saturated heterocycles. The Kier molecular flexibility index (Phi) is 47.0. The van der Waals surface area contributed by atoms with Gasteiger partial charge in [0.2, 0.25) is 0 Å². The van der Waals surface area contributed by atoms with Gasteiger partial charge in [0.15, 0.2) is 78.1 Å². The van der Waals surface area contributed by atoms with Gasteiger partial charge in [-0.15, -0.1) is 0 Å². The second-order valence-electron chi connectivity index (χ2n) is 55.4. The zero-order chi connectivity index (χ0) is 103. The van der Waals surface area contributed by atoms with Gasteiger partial charge in [-0.05, 0) is 369 Å². The molecule has 0 amide bonds. The van der Waals surface area contributed by atoms with Crippen LogP contribution in [0.25, 0.3) is 0 Å². The molecule has 778 valence electrons. The molecule has 4 unspecified atom stereocenters. The van der Waals surface area contributed by atoms with Gasteiger partial charge in [-0.25, -0.2) is 0 Å². The fraction of sp³-hybridized carbons (Fsp3) is 0.807. The Morgan fingerprint density at radius 3 is 1.07 bits per heavy atom. The summed E-state index contributed by atoms with van der Waals surface area (Å²) in [5, 5.41) is 2.50. The summed E-state index contributed by atoms with van der Waals surface area (Å²) in [4.78, 5) is 39.9. The number of Topliss-reactive ketones (excluding diaryl/α,β-unsaturated/α-hetero) is 3. The van der Waals surface area contributed by atoms with Gasteiger partial charge in [-0.1, -0.05) is 232 Å². The fourth-order valence-electron chi connectivity index (χ4n) is 22.6. The van der Waals surface area contributed by atoms with Gasteiger partial charge in [-0.2, -0.15) is 6.42 Å². The van der Waals surface area contributed by atoms with Crippen LogP contribution in [0.1, 0.15) is 339 Å². The van der Waals surface area contributed by atoms with Crippen molar-refractivity contribution in [3.63, 3.8) is 0 Å². The van der Waals surface area contributed by atoms with Crippen LogP contribution in [-0.2, 0) is 54.4 Å². The second-order valence-corrected chi connectivity index (χ2v) is 95.1. The molecule has 0 aliphatic heterocycles. The molecular formula is C114H212LiO12PSi8. The van der Waals surface area contributed by atoms with E-state index in [0.717, 1.165) is 133 Å². The third kappa shape index (κ3) is 39.2. The topological polar surface area (TPSA) is 142 Å². The summed E-state index contributed by atoms with van der Waals surface area (Å²) in [5.41, 5.74) is 3.22. The van der Waals surface area contributed by atoms with E-state index in [1.165, 1.54) is 56.1 Å². The molecule has 12 nitrogen and oxygen atoms in total. The van der Waals surface area contributed by atoms with Crippen molar-refractivity contribution in [2.45, 2.75) is 537 Å². The van der Waals surface area contributed by atoms with Gasteiger partial charge in [0.05, 0.1) is 35.6 Å². The van der Waals surface area contributed by atoms with Gasteiger partial charge in [0.25, 0.3) is 0 Å². The van der Waals surface area contributed by atoms with Crippen LogP contribution in [0, 0.1) is 53.3 Å². The van der Waals surface area contributed by atoms with E-state index in [1.54, 1.807) is 5.57 Å². The van der Waals surface area contributed by atoms with Crippen molar-refractivity contribution in [2.24, 2.45) is 46.3 Å². The predicted molar refractivity (Wildman–Crippen MR) is 604 cm³/mol. The molecule has 0 spiro atoms. The average Bonchev–Trinajstić information content (AvgIpc) is 1.62. The number of hydrogen-bond acceptors (Lipinski definition) is 12. The molecule has 0 aromatic heterocycles. The summed E-state index contributed by atoms with van der Waals surface area (Å²) >= 11 is 0. The molecule has 0 bridgehead atoms. The van der Waals surface area contributed by atoms with E-state index in [0.29, 0.717) is 54.4 Å². The number of allylic oxidation sites excluding steroid dienone is 4. The largest absolute Gasteiger partial charge is 1.00 e. The van der Waals surface area contributed by atoms with Gasteiger partial charge in [-0.3, -0.25) is 14.4 Å². The van der Waals surface area contributed by atoms with Crippen molar-refractivity contribution >= 4 is 102 Å². The van der Waals surface area contributed by atoms with Gasteiger partial charge in [0.1, 0.15) is 24.1 Å². The summed E-state index contributed by atoms with van der Waals surface area (Å²) in [6, 6.07) is 20.0. The molecule has 6 aliphatic carbocycles. The van der Waals surface area contributed by atoms with Crippen molar-refractivity contribution < 1.29 is 73.2 Å². The second kappa shape index (κ2) is 50.3. The van der Waals surface area contributed by atoms with Crippen LogP contribution in [-0.4, -0.2) is 137 Å². The first-order chi connectivity index (χ1) is 61.1. The maximum Gasteiger partial charge on any atom is 1.00 e. The minimum atomic E-state index is -2.81. The molecule has 8 rings (SSSR count). The van der Waals surface area contributed by atoms with E-state index in [2.05, 4.69) is 288 Å². The summed E-state index contributed by atoms with van der Waals surface area (Å²) < 4.78 is 68.8. The molecule has 0 heterocycles. The first kappa shape index (κ1) is 127. The van der Waals surface area contributed by atoms with E-state index < -0.39 is 84.9 Å². The van der Waals surface area contributed by atoms with E-state index in [-0.39, 0.29) is 103 Å². The molecule has 6 saturated carbocycles. The number of hydrogen-bond donors (Lipinski definition) is 0. The Bertz CT molecular complexity index is 4050. The third-order valence-electron chi connectivity index (χ3n) is 32.9. The van der Waals surface area contributed by atoms with Crippen molar-refractivity contribution in [1.29, 1.82) is 0 Å². The van der Waals surface area contributed by atoms with Crippen LogP contribution in [0.4, 0.5) is 0 Å². The number of unbranched alkanes of at least 4 members (excludes halogenated alkanes) is 1. The Morgan fingerprint density at radius 2 is 0.750 bits per heavy atom. The smallest absolute Gasteiger partial charge is 0.414 e. The number of carbonyl (C=O) groups is 3. The van der Waals surface area contributed by atoms with Crippen LogP contribution >= 0.6 is 7.14 Å². The van der Waals surface area contributed by atoms with Crippen LogP contribution in [0.5, 0.6) is 0 Å². The van der Waals surface area contributed by atoms with Crippen molar-refractivity contribution in [2.75, 3.05) is 6.16 Å². The summed E-state index contributed by atoms with van der Waals surface area (Å²) in [6.07, 6.45) is 37.8. The van der Waals surface area contributed by atoms with Crippen molar-refractivity contribution in [1.82, 2.24) is 0 Å². The average molecular weight is 2040 g/mol. The zero-order valence-electron chi connectivity index (χ0n) is 96.8. The number of ketones is 3. The Labute approximate surface area is 860 Å². The summed E-state index contributed by atoms with van der Waals surface area (Å²) in [5.74, 6) is 4.01. The van der Waals surface area contributed by atoms with Crippen LogP contribution in [0.2, 0.25) is 151 Å². The maximum atomic E-state index is 14.6.